The number of rotatable bonds is 7. The van der Waals surface area contributed by atoms with Crippen molar-refractivity contribution in [2.75, 3.05) is 0 Å². The van der Waals surface area contributed by atoms with E-state index in [9.17, 15) is 9.59 Å². The van der Waals surface area contributed by atoms with Crippen LogP contribution in [0.1, 0.15) is 11.4 Å². The van der Waals surface area contributed by atoms with Gasteiger partial charge in [0.2, 0.25) is 11.8 Å². The van der Waals surface area contributed by atoms with Crippen molar-refractivity contribution < 1.29 is 9.59 Å². The summed E-state index contributed by atoms with van der Waals surface area (Å²) in [5, 5.41) is 7.46. The molecule has 0 unspecified atom stereocenters. The van der Waals surface area contributed by atoms with E-state index in [0.717, 1.165) is 11.4 Å². The molecular formula is C16H20N6O2. The molecule has 0 aromatic carbocycles. The summed E-state index contributed by atoms with van der Waals surface area (Å²) in [4.78, 5) is 23.3. The SMILES string of the molecule is Cn1cccc1CC(=O)N/N=C\C=N\NC(=O)Cc1cccn1C. The maximum Gasteiger partial charge on any atom is 0.245 e. The minimum atomic E-state index is -0.228. The smallest absolute Gasteiger partial charge is 0.245 e. The fourth-order valence-corrected chi connectivity index (χ4v) is 2.05. The molecule has 0 aliphatic heterocycles. The first-order valence-corrected chi connectivity index (χ1v) is 7.39. The highest BCUT2D eigenvalue weighted by Gasteiger charge is 2.05. The fraction of sp³-hybridized carbons (Fsp3) is 0.250. The normalized spacial score (nSPS) is 11.2. The molecule has 0 fully saturated rings. The summed E-state index contributed by atoms with van der Waals surface area (Å²) >= 11 is 0. The fourth-order valence-electron chi connectivity index (χ4n) is 2.05. The molecule has 0 spiro atoms. The average Bonchev–Trinajstić information content (AvgIpc) is 3.12. The first-order valence-electron chi connectivity index (χ1n) is 7.39. The molecule has 8 nitrogen and oxygen atoms in total. The second-order valence-corrected chi connectivity index (χ2v) is 5.20. The number of aromatic nitrogens is 2. The zero-order valence-electron chi connectivity index (χ0n) is 13.6. The Kier molecular flexibility index (Phi) is 6.07. The predicted octanol–water partition coefficient (Wildman–Crippen LogP) is 0.353. The average molecular weight is 328 g/mol. The van der Waals surface area contributed by atoms with Crippen LogP contribution in [0.5, 0.6) is 0 Å². The molecule has 0 saturated carbocycles. The third-order valence-electron chi connectivity index (χ3n) is 3.38. The Morgan fingerprint density at radius 3 is 1.67 bits per heavy atom. The molecule has 0 atom stereocenters. The summed E-state index contributed by atoms with van der Waals surface area (Å²) in [6.07, 6.45) is 6.82. The highest BCUT2D eigenvalue weighted by molar-refractivity contribution is 6.16. The van der Waals surface area contributed by atoms with E-state index >= 15 is 0 Å². The summed E-state index contributed by atoms with van der Waals surface area (Å²) in [5.41, 5.74) is 6.57. The Labute approximate surface area is 139 Å². The van der Waals surface area contributed by atoms with Gasteiger partial charge in [-0.1, -0.05) is 0 Å². The number of hydrogen-bond acceptors (Lipinski definition) is 4. The zero-order chi connectivity index (χ0) is 17.4. The molecule has 0 aliphatic rings. The molecule has 0 aliphatic carbocycles. The number of amides is 2. The third kappa shape index (κ3) is 5.24. The van der Waals surface area contributed by atoms with E-state index in [0.29, 0.717) is 0 Å². The van der Waals surface area contributed by atoms with Crippen LogP contribution in [0, 0.1) is 0 Å². The van der Waals surface area contributed by atoms with E-state index in [1.165, 1.54) is 12.4 Å². The molecule has 0 saturated heterocycles. The molecule has 0 radical (unpaired) electrons. The van der Waals surface area contributed by atoms with Crippen molar-refractivity contribution in [3.8, 4) is 0 Å². The van der Waals surface area contributed by atoms with Gasteiger partial charge < -0.3 is 9.13 Å². The van der Waals surface area contributed by atoms with Gasteiger partial charge in [-0.05, 0) is 24.3 Å². The van der Waals surface area contributed by atoms with E-state index in [4.69, 9.17) is 0 Å². The number of carbonyl (C=O) groups is 2. The number of hydrogen-bond donors (Lipinski definition) is 2. The lowest BCUT2D eigenvalue weighted by Crippen LogP contribution is -2.22. The van der Waals surface area contributed by atoms with Crippen LogP contribution in [0.2, 0.25) is 0 Å². The molecule has 2 aromatic heterocycles. The highest BCUT2D eigenvalue weighted by atomic mass is 16.2. The van der Waals surface area contributed by atoms with E-state index in [1.807, 2.05) is 59.9 Å². The van der Waals surface area contributed by atoms with E-state index in [2.05, 4.69) is 21.1 Å². The molecule has 2 aromatic rings. The van der Waals surface area contributed by atoms with Gasteiger partial charge >= 0.3 is 0 Å². The van der Waals surface area contributed by atoms with Crippen LogP contribution in [0.3, 0.4) is 0 Å². The van der Waals surface area contributed by atoms with Gasteiger partial charge in [0.25, 0.3) is 0 Å². The van der Waals surface area contributed by atoms with Crippen LogP contribution in [-0.4, -0.2) is 33.4 Å². The highest BCUT2D eigenvalue weighted by Crippen LogP contribution is 2.00. The Morgan fingerprint density at radius 2 is 1.33 bits per heavy atom. The summed E-state index contributed by atoms with van der Waals surface area (Å²) in [6, 6.07) is 7.48. The van der Waals surface area contributed by atoms with Crippen LogP contribution in [0.25, 0.3) is 0 Å². The van der Waals surface area contributed by atoms with Gasteiger partial charge in [0, 0.05) is 37.9 Å². The van der Waals surface area contributed by atoms with Gasteiger partial charge in [0.1, 0.15) is 0 Å². The Balaban J connectivity index is 1.67. The lowest BCUT2D eigenvalue weighted by Gasteiger charge is -2.01. The molecule has 2 N–H and O–H groups in total. The molecule has 2 amide bonds. The van der Waals surface area contributed by atoms with Crippen LogP contribution in [-0.2, 0) is 36.5 Å². The van der Waals surface area contributed by atoms with E-state index < -0.39 is 0 Å². The maximum atomic E-state index is 11.7. The minimum Gasteiger partial charge on any atom is -0.354 e. The Morgan fingerprint density at radius 1 is 0.917 bits per heavy atom. The number of aryl methyl sites for hydroxylation is 2. The predicted molar refractivity (Wildman–Crippen MR) is 91.5 cm³/mol. The van der Waals surface area contributed by atoms with Crippen LogP contribution in [0.15, 0.2) is 46.9 Å². The van der Waals surface area contributed by atoms with E-state index in [1.54, 1.807) is 0 Å². The van der Waals surface area contributed by atoms with Gasteiger partial charge in [-0.25, -0.2) is 10.9 Å². The lowest BCUT2D eigenvalue weighted by atomic mass is 10.3. The molecular weight excluding hydrogens is 308 g/mol. The third-order valence-corrected chi connectivity index (χ3v) is 3.38. The van der Waals surface area contributed by atoms with Crippen LogP contribution >= 0.6 is 0 Å². The molecule has 0 bridgehead atoms. The Hall–Kier alpha value is -3.16. The monoisotopic (exact) mass is 328 g/mol. The minimum absolute atomic E-state index is 0.228. The van der Waals surface area contributed by atoms with Crippen molar-refractivity contribution in [3.63, 3.8) is 0 Å². The number of nitrogens with one attached hydrogen (secondary N) is 2. The first-order chi connectivity index (χ1) is 11.6. The maximum absolute atomic E-state index is 11.7. The zero-order valence-corrected chi connectivity index (χ0v) is 13.6. The summed E-state index contributed by atoms with van der Waals surface area (Å²) in [5.74, 6) is -0.455. The second kappa shape index (κ2) is 8.47. The quantitative estimate of drug-likeness (QED) is 0.567. The number of nitrogens with zero attached hydrogens (tertiary/aromatic N) is 4. The second-order valence-electron chi connectivity index (χ2n) is 5.20. The summed E-state index contributed by atoms with van der Waals surface area (Å²) < 4.78 is 3.74. The van der Waals surface area contributed by atoms with Gasteiger partial charge in [-0.2, -0.15) is 10.2 Å². The van der Waals surface area contributed by atoms with Crippen molar-refractivity contribution in [1.29, 1.82) is 0 Å². The van der Waals surface area contributed by atoms with Crippen molar-refractivity contribution >= 4 is 24.2 Å². The van der Waals surface area contributed by atoms with Crippen molar-refractivity contribution in [2.45, 2.75) is 12.8 Å². The van der Waals surface area contributed by atoms with Gasteiger partial charge in [-0.15, -0.1) is 0 Å². The van der Waals surface area contributed by atoms with E-state index in [-0.39, 0.29) is 24.7 Å². The number of carbonyl (C=O) groups excluding carboxylic acids is 2. The van der Waals surface area contributed by atoms with Crippen molar-refractivity contribution in [1.82, 2.24) is 20.0 Å². The topological polar surface area (TPSA) is 92.8 Å². The van der Waals surface area contributed by atoms with Gasteiger partial charge in [-0.3, -0.25) is 9.59 Å². The Bertz CT molecular complexity index is 692. The van der Waals surface area contributed by atoms with Gasteiger partial charge in [0.05, 0.1) is 25.3 Å². The molecule has 8 heteroatoms. The largest absolute Gasteiger partial charge is 0.354 e. The summed E-state index contributed by atoms with van der Waals surface area (Å²) in [7, 11) is 3.74. The van der Waals surface area contributed by atoms with Crippen molar-refractivity contribution in [3.05, 3.63) is 48.0 Å². The van der Waals surface area contributed by atoms with Crippen LogP contribution < -0.4 is 10.9 Å². The standard InChI is InChI=1S/C16H20N6O2/c1-21-9-3-5-13(21)11-15(23)19-17-7-8-18-20-16(24)12-14-6-4-10-22(14)2/h3-10H,11-12H2,1-2H3,(H,19,23)(H,20,24)/b17-7-,18-8+. The molecule has 24 heavy (non-hydrogen) atoms. The lowest BCUT2D eigenvalue weighted by molar-refractivity contribution is -0.121. The number of hydrazone groups is 2. The molecule has 2 heterocycles. The first kappa shape index (κ1) is 17.2. The summed E-state index contributed by atoms with van der Waals surface area (Å²) in [6.45, 7) is 0. The molecule has 126 valence electrons. The van der Waals surface area contributed by atoms with Crippen LogP contribution in [0.4, 0.5) is 0 Å². The molecule has 2 rings (SSSR count). The van der Waals surface area contributed by atoms with Crippen molar-refractivity contribution in [2.24, 2.45) is 24.3 Å². The van der Waals surface area contributed by atoms with Gasteiger partial charge in [0.15, 0.2) is 0 Å².